The molecule has 1 heterocycles. The molecular weight excluding hydrogens is 438 g/mol. The maximum atomic E-state index is 13.3. The standard InChI is InChI=1S/C18H9ClF6N4O/c19-14-2-1-9(3-13(14)18(23,24)25)8-30-12-5-10(4-11(6-12)17(20,21)22)16-15(7-26)27-29-28-16/h1-6H,8H2,(H,27,28,29). The van der Waals surface area contributed by atoms with Crippen molar-refractivity contribution in [3.63, 3.8) is 0 Å². The van der Waals surface area contributed by atoms with Crippen molar-refractivity contribution < 1.29 is 31.1 Å². The van der Waals surface area contributed by atoms with Crippen LogP contribution < -0.4 is 4.74 Å². The molecule has 3 aromatic rings. The zero-order chi connectivity index (χ0) is 22.1. The second-order valence-corrected chi connectivity index (χ2v) is 6.40. The third-order valence-electron chi connectivity index (χ3n) is 3.91. The summed E-state index contributed by atoms with van der Waals surface area (Å²) in [6, 6.07) is 7.38. The van der Waals surface area contributed by atoms with Gasteiger partial charge in [0.15, 0.2) is 5.69 Å². The Balaban J connectivity index is 1.95. The Hall–Kier alpha value is -3.26. The van der Waals surface area contributed by atoms with Crippen molar-refractivity contribution in [2.24, 2.45) is 0 Å². The molecular formula is C18H9ClF6N4O. The van der Waals surface area contributed by atoms with E-state index in [2.05, 4.69) is 15.4 Å². The van der Waals surface area contributed by atoms with Crippen LogP contribution in [0.4, 0.5) is 26.3 Å². The summed E-state index contributed by atoms with van der Waals surface area (Å²) in [6.45, 7) is -0.453. The molecule has 0 aliphatic rings. The first-order chi connectivity index (χ1) is 14.0. The highest BCUT2D eigenvalue weighted by molar-refractivity contribution is 6.31. The van der Waals surface area contributed by atoms with Gasteiger partial charge in [-0.25, -0.2) is 5.10 Å². The molecule has 12 heteroatoms. The van der Waals surface area contributed by atoms with Crippen molar-refractivity contribution in [1.29, 1.82) is 5.26 Å². The summed E-state index contributed by atoms with van der Waals surface area (Å²) in [5.41, 5.74) is -2.51. The minimum Gasteiger partial charge on any atom is -0.489 e. The molecule has 0 saturated carbocycles. The van der Waals surface area contributed by atoms with Gasteiger partial charge in [-0.2, -0.15) is 31.6 Å². The monoisotopic (exact) mass is 446 g/mol. The maximum Gasteiger partial charge on any atom is 0.417 e. The zero-order valence-corrected chi connectivity index (χ0v) is 15.3. The molecule has 1 aromatic heterocycles. The van der Waals surface area contributed by atoms with E-state index in [1.165, 1.54) is 12.1 Å². The van der Waals surface area contributed by atoms with Crippen LogP contribution in [0.25, 0.3) is 11.3 Å². The van der Waals surface area contributed by atoms with Gasteiger partial charge in [-0.05, 0) is 35.9 Å². The Kier molecular flexibility index (Phi) is 5.63. The number of hydrogen-bond donors (Lipinski definition) is 1. The van der Waals surface area contributed by atoms with E-state index in [1.54, 1.807) is 6.07 Å². The van der Waals surface area contributed by atoms with E-state index in [9.17, 15) is 26.3 Å². The first-order valence-electron chi connectivity index (χ1n) is 8.01. The lowest BCUT2D eigenvalue weighted by molar-refractivity contribution is -0.138. The molecule has 0 bridgehead atoms. The summed E-state index contributed by atoms with van der Waals surface area (Å²) >= 11 is 5.55. The van der Waals surface area contributed by atoms with Crippen LogP contribution in [0.15, 0.2) is 36.4 Å². The Morgan fingerprint density at radius 1 is 1.03 bits per heavy atom. The van der Waals surface area contributed by atoms with Crippen LogP contribution in [0.3, 0.4) is 0 Å². The number of alkyl halides is 6. The number of nitrogens with one attached hydrogen (secondary N) is 1. The van der Waals surface area contributed by atoms with E-state index in [1.807, 2.05) is 0 Å². The molecule has 0 saturated heterocycles. The van der Waals surface area contributed by atoms with Crippen LogP contribution in [0.5, 0.6) is 5.75 Å². The van der Waals surface area contributed by atoms with Crippen molar-refractivity contribution >= 4 is 11.6 Å². The predicted octanol–water partition coefficient (Wildman–Crippen LogP) is 5.61. The number of halogens is 7. The summed E-state index contributed by atoms with van der Waals surface area (Å²) in [5, 5.41) is 17.7. The molecule has 0 radical (unpaired) electrons. The number of ether oxygens (including phenoxy) is 1. The Morgan fingerprint density at radius 2 is 1.77 bits per heavy atom. The third-order valence-corrected chi connectivity index (χ3v) is 4.24. The minimum absolute atomic E-state index is 0.0461. The second-order valence-electron chi connectivity index (χ2n) is 5.99. The van der Waals surface area contributed by atoms with Crippen LogP contribution >= 0.6 is 11.6 Å². The Labute approximate surface area is 169 Å². The normalized spacial score (nSPS) is 11.9. The summed E-state index contributed by atoms with van der Waals surface area (Å²) in [6.07, 6.45) is -9.44. The fourth-order valence-electron chi connectivity index (χ4n) is 2.54. The number of aromatic nitrogens is 3. The van der Waals surface area contributed by atoms with Crippen molar-refractivity contribution in [2.45, 2.75) is 19.0 Å². The van der Waals surface area contributed by atoms with E-state index < -0.39 is 35.1 Å². The lowest BCUT2D eigenvalue weighted by Gasteiger charge is -2.14. The van der Waals surface area contributed by atoms with Gasteiger partial charge in [-0.15, -0.1) is 5.10 Å². The van der Waals surface area contributed by atoms with Gasteiger partial charge in [-0.1, -0.05) is 22.9 Å². The average Bonchev–Trinajstić information content (AvgIpc) is 3.14. The van der Waals surface area contributed by atoms with Crippen LogP contribution in [-0.2, 0) is 19.0 Å². The molecule has 1 N–H and O–H groups in total. The fourth-order valence-corrected chi connectivity index (χ4v) is 2.76. The number of nitrogens with zero attached hydrogens (tertiary/aromatic N) is 3. The number of H-pyrrole nitrogens is 1. The molecule has 5 nitrogen and oxygen atoms in total. The topological polar surface area (TPSA) is 74.6 Å². The fraction of sp³-hybridized carbons (Fsp3) is 0.167. The van der Waals surface area contributed by atoms with Gasteiger partial charge < -0.3 is 4.74 Å². The van der Waals surface area contributed by atoms with Crippen LogP contribution in [0.1, 0.15) is 22.4 Å². The van der Waals surface area contributed by atoms with E-state index >= 15 is 0 Å². The van der Waals surface area contributed by atoms with Crippen LogP contribution in [-0.4, -0.2) is 15.4 Å². The lowest BCUT2D eigenvalue weighted by Crippen LogP contribution is -2.08. The highest BCUT2D eigenvalue weighted by Gasteiger charge is 2.34. The van der Waals surface area contributed by atoms with Gasteiger partial charge >= 0.3 is 12.4 Å². The SMILES string of the molecule is N#Cc1[nH]nnc1-c1cc(OCc2ccc(Cl)c(C(F)(F)F)c2)cc(C(F)(F)F)c1. The first kappa shape index (κ1) is 21.4. The summed E-state index contributed by atoms with van der Waals surface area (Å²) in [5.74, 6) is -0.282. The molecule has 0 amide bonds. The largest absolute Gasteiger partial charge is 0.489 e. The van der Waals surface area contributed by atoms with Gasteiger partial charge in [0, 0.05) is 5.56 Å². The summed E-state index contributed by atoms with van der Waals surface area (Å²) in [4.78, 5) is 0. The lowest BCUT2D eigenvalue weighted by atomic mass is 10.1. The highest BCUT2D eigenvalue weighted by atomic mass is 35.5. The quantitative estimate of drug-likeness (QED) is 0.528. The molecule has 30 heavy (non-hydrogen) atoms. The summed E-state index contributed by atoms with van der Waals surface area (Å²) in [7, 11) is 0. The van der Waals surface area contributed by atoms with Gasteiger partial charge in [-0.3, -0.25) is 0 Å². The molecule has 0 aliphatic heterocycles. The number of hydrogen-bond acceptors (Lipinski definition) is 4. The first-order valence-corrected chi connectivity index (χ1v) is 8.39. The second kappa shape index (κ2) is 7.87. The number of nitriles is 1. The summed E-state index contributed by atoms with van der Waals surface area (Å²) < 4.78 is 84.0. The average molecular weight is 447 g/mol. The maximum absolute atomic E-state index is 13.3. The van der Waals surface area contributed by atoms with E-state index in [0.717, 1.165) is 18.2 Å². The Morgan fingerprint density at radius 3 is 2.40 bits per heavy atom. The molecule has 3 rings (SSSR count). The molecule has 2 aromatic carbocycles. The van der Waals surface area contributed by atoms with Gasteiger partial charge in [0.2, 0.25) is 0 Å². The molecule has 0 atom stereocenters. The smallest absolute Gasteiger partial charge is 0.417 e. The molecule has 0 spiro atoms. The predicted molar refractivity (Wildman–Crippen MR) is 92.3 cm³/mol. The number of aromatic amines is 1. The molecule has 0 fully saturated rings. The van der Waals surface area contributed by atoms with Crippen molar-refractivity contribution in [1.82, 2.24) is 15.4 Å². The van der Waals surface area contributed by atoms with Gasteiger partial charge in [0.1, 0.15) is 24.1 Å². The minimum atomic E-state index is -4.74. The van der Waals surface area contributed by atoms with Crippen molar-refractivity contribution in [3.05, 3.63) is 63.8 Å². The van der Waals surface area contributed by atoms with E-state index in [0.29, 0.717) is 6.07 Å². The zero-order valence-electron chi connectivity index (χ0n) is 14.6. The number of rotatable bonds is 4. The molecule has 0 aliphatic carbocycles. The third kappa shape index (κ3) is 4.65. The van der Waals surface area contributed by atoms with Gasteiger partial charge in [0.05, 0.1) is 16.1 Å². The highest BCUT2D eigenvalue weighted by Crippen LogP contribution is 2.37. The van der Waals surface area contributed by atoms with Gasteiger partial charge in [0.25, 0.3) is 0 Å². The number of benzene rings is 2. The van der Waals surface area contributed by atoms with Crippen molar-refractivity contribution in [2.75, 3.05) is 0 Å². The van der Waals surface area contributed by atoms with E-state index in [-0.39, 0.29) is 28.3 Å². The Bertz CT molecular complexity index is 1120. The molecule has 156 valence electrons. The van der Waals surface area contributed by atoms with Crippen LogP contribution in [0, 0.1) is 11.3 Å². The van der Waals surface area contributed by atoms with Crippen molar-refractivity contribution in [3.8, 4) is 23.1 Å². The van der Waals surface area contributed by atoms with E-state index in [4.69, 9.17) is 21.6 Å². The molecule has 0 unspecified atom stereocenters. The van der Waals surface area contributed by atoms with Crippen LogP contribution in [0.2, 0.25) is 5.02 Å².